The van der Waals surface area contributed by atoms with Crippen molar-refractivity contribution >= 4 is 17.2 Å². The molecule has 1 unspecified atom stereocenters. The highest BCUT2D eigenvalue weighted by atomic mass is 32.1. The molecule has 3 heterocycles. The third kappa shape index (κ3) is 3.41. The molecule has 2 aromatic heterocycles. The number of aromatic nitrogens is 1. The first-order valence-corrected chi connectivity index (χ1v) is 9.64. The van der Waals surface area contributed by atoms with Gasteiger partial charge in [0.25, 0.3) is 5.91 Å². The van der Waals surface area contributed by atoms with Crippen LogP contribution in [0.3, 0.4) is 0 Å². The fourth-order valence-corrected chi connectivity index (χ4v) is 4.20. The SMILES string of the molecule is CC1(CNC(=O)c2ccnc(OC3CCC3)c2)OCCc2sccc21. The Bertz CT molecular complexity index is 772. The smallest absolute Gasteiger partial charge is 0.251 e. The summed E-state index contributed by atoms with van der Waals surface area (Å²) >= 11 is 1.76. The highest BCUT2D eigenvalue weighted by Crippen LogP contribution is 2.35. The Morgan fingerprint density at radius 3 is 3.16 bits per heavy atom. The first kappa shape index (κ1) is 16.5. The fraction of sp³-hybridized carbons (Fsp3) is 0.474. The van der Waals surface area contributed by atoms with E-state index in [2.05, 4.69) is 21.7 Å². The molecule has 2 aromatic rings. The largest absolute Gasteiger partial charge is 0.474 e. The Morgan fingerprint density at radius 1 is 1.48 bits per heavy atom. The van der Waals surface area contributed by atoms with E-state index in [1.54, 1.807) is 29.7 Å². The number of pyridine rings is 1. The number of rotatable bonds is 5. The molecular formula is C19H22N2O3S. The van der Waals surface area contributed by atoms with Crippen molar-refractivity contribution in [2.24, 2.45) is 0 Å². The molecule has 1 amide bonds. The Balaban J connectivity index is 1.42. The molecule has 4 rings (SSSR count). The van der Waals surface area contributed by atoms with Crippen LogP contribution in [0.15, 0.2) is 29.8 Å². The fourth-order valence-electron chi connectivity index (χ4n) is 3.22. The van der Waals surface area contributed by atoms with Gasteiger partial charge >= 0.3 is 0 Å². The van der Waals surface area contributed by atoms with Crippen LogP contribution in [0.4, 0.5) is 0 Å². The Hall–Kier alpha value is -1.92. The van der Waals surface area contributed by atoms with Crippen LogP contribution in [0, 0.1) is 0 Å². The van der Waals surface area contributed by atoms with Gasteiger partial charge in [0.2, 0.25) is 5.88 Å². The Kier molecular flexibility index (Phi) is 4.48. The Morgan fingerprint density at radius 2 is 2.36 bits per heavy atom. The van der Waals surface area contributed by atoms with Gasteiger partial charge in [-0.15, -0.1) is 11.3 Å². The molecule has 132 valence electrons. The summed E-state index contributed by atoms with van der Waals surface area (Å²) in [5.74, 6) is 0.394. The average molecular weight is 358 g/mol. The third-order valence-electron chi connectivity index (χ3n) is 4.99. The van der Waals surface area contributed by atoms with Gasteiger partial charge in [0, 0.05) is 29.1 Å². The van der Waals surface area contributed by atoms with Crippen molar-refractivity contribution in [3.63, 3.8) is 0 Å². The topological polar surface area (TPSA) is 60.5 Å². The minimum Gasteiger partial charge on any atom is -0.474 e. The number of fused-ring (bicyclic) bond motifs is 1. The summed E-state index contributed by atoms with van der Waals surface area (Å²) in [6.45, 7) is 3.17. The second-order valence-corrected chi connectivity index (χ2v) is 7.82. The van der Waals surface area contributed by atoms with Crippen molar-refractivity contribution < 1.29 is 14.3 Å². The maximum atomic E-state index is 12.6. The van der Waals surface area contributed by atoms with Crippen LogP contribution in [0.2, 0.25) is 0 Å². The molecule has 0 bridgehead atoms. The maximum absolute atomic E-state index is 12.6. The molecule has 1 N–H and O–H groups in total. The minimum absolute atomic E-state index is 0.131. The van der Waals surface area contributed by atoms with E-state index >= 15 is 0 Å². The first-order valence-electron chi connectivity index (χ1n) is 8.76. The van der Waals surface area contributed by atoms with Crippen LogP contribution in [0.5, 0.6) is 5.88 Å². The summed E-state index contributed by atoms with van der Waals surface area (Å²) in [6, 6.07) is 5.53. The molecule has 2 aliphatic rings. The lowest BCUT2D eigenvalue weighted by Gasteiger charge is -2.34. The number of carbonyl (C=O) groups is 1. The Labute approximate surface area is 151 Å². The molecular weight excluding hydrogens is 336 g/mol. The summed E-state index contributed by atoms with van der Waals surface area (Å²) in [5.41, 5.74) is 1.28. The summed E-state index contributed by atoms with van der Waals surface area (Å²) in [4.78, 5) is 18.1. The van der Waals surface area contributed by atoms with Crippen molar-refractivity contribution in [3.05, 3.63) is 45.8 Å². The number of nitrogens with zero attached hydrogens (tertiary/aromatic N) is 1. The van der Waals surface area contributed by atoms with Crippen LogP contribution in [0.1, 0.15) is 47.0 Å². The number of carbonyl (C=O) groups excluding carboxylic acids is 1. The van der Waals surface area contributed by atoms with Gasteiger partial charge in [-0.1, -0.05) is 0 Å². The van der Waals surface area contributed by atoms with Crippen LogP contribution in [-0.4, -0.2) is 30.1 Å². The predicted octanol–water partition coefficient (Wildman–Crippen LogP) is 3.29. The quantitative estimate of drug-likeness (QED) is 0.891. The lowest BCUT2D eigenvalue weighted by molar-refractivity contribution is -0.0425. The standard InChI is InChI=1S/C19H22N2O3S/c1-19(15-7-10-25-16(15)6-9-23-19)12-21-18(22)13-5-8-20-17(11-13)24-14-3-2-4-14/h5,7-8,10-11,14H,2-4,6,9,12H2,1H3,(H,21,22). The van der Waals surface area contributed by atoms with Gasteiger partial charge in [0.15, 0.2) is 0 Å². The van der Waals surface area contributed by atoms with E-state index in [-0.39, 0.29) is 12.0 Å². The number of hydrogen-bond acceptors (Lipinski definition) is 5. The summed E-state index contributed by atoms with van der Waals surface area (Å²) in [6.07, 6.45) is 6.15. The molecule has 6 heteroatoms. The van der Waals surface area contributed by atoms with E-state index in [4.69, 9.17) is 9.47 Å². The molecule has 5 nitrogen and oxygen atoms in total. The van der Waals surface area contributed by atoms with Crippen molar-refractivity contribution in [1.29, 1.82) is 0 Å². The van der Waals surface area contributed by atoms with Gasteiger partial charge in [-0.2, -0.15) is 0 Å². The lowest BCUT2D eigenvalue weighted by atomic mass is 9.93. The number of thiophene rings is 1. The molecule has 0 aromatic carbocycles. The second kappa shape index (κ2) is 6.77. The van der Waals surface area contributed by atoms with Gasteiger partial charge in [-0.25, -0.2) is 4.98 Å². The van der Waals surface area contributed by atoms with Crippen LogP contribution >= 0.6 is 11.3 Å². The predicted molar refractivity (Wildman–Crippen MR) is 96.2 cm³/mol. The zero-order valence-corrected chi connectivity index (χ0v) is 15.1. The lowest BCUT2D eigenvalue weighted by Crippen LogP contribution is -2.43. The molecule has 1 aliphatic heterocycles. The number of ether oxygens (including phenoxy) is 2. The van der Waals surface area contributed by atoms with Crippen molar-refractivity contribution in [2.45, 2.75) is 44.3 Å². The number of amides is 1. The van der Waals surface area contributed by atoms with E-state index in [1.807, 2.05) is 6.92 Å². The van der Waals surface area contributed by atoms with Crippen molar-refractivity contribution in [3.8, 4) is 5.88 Å². The van der Waals surface area contributed by atoms with Crippen LogP contribution in [-0.2, 0) is 16.8 Å². The average Bonchev–Trinajstić information content (AvgIpc) is 3.07. The highest BCUT2D eigenvalue weighted by Gasteiger charge is 2.34. The highest BCUT2D eigenvalue weighted by molar-refractivity contribution is 7.10. The monoisotopic (exact) mass is 358 g/mol. The third-order valence-corrected chi connectivity index (χ3v) is 5.97. The van der Waals surface area contributed by atoms with Crippen molar-refractivity contribution in [1.82, 2.24) is 10.3 Å². The van der Waals surface area contributed by atoms with Gasteiger partial charge in [-0.3, -0.25) is 4.79 Å². The first-order chi connectivity index (χ1) is 12.1. The van der Waals surface area contributed by atoms with E-state index < -0.39 is 5.60 Å². The van der Waals surface area contributed by atoms with Gasteiger partial charge in [-0.05, 0) is 49.3 Å². The van der Waals surface area contributed by atoms with Crippen LogP contribution in [0.25, 0.3) is 0 Å². The molecule has 25 heavy (non-hydrogen) atoms. The second-order valence-electron chi connectivity index (χ2n) is 6.82. The van der Waals surface area contributed by atoms with Gasteiger partial charge in [0.1, 0.15) is 11.7 Å². The summed E-state index contributed by atoms with van der Waals surface area (Å²) in [5, 5.41) is 5.10. The molecule has 1 fully saturated rings. The summed E-state index contributed by atoms with van der Waals surface area (Å²) in [7, 11) is 0. The van der Waals surface area contributed by atoms with Gasteiger partial charge in [0.05, 0.1) is 13.2 Å². The summed E-state index contributed by atoms with van der Waals surface area (Å²) < 4.78 is 11.8. The minimum atomic E-state index is -0.471. The molecule has 0 spiro atoms. The van der Waals surface area contributed by atoms with E-state index in [1.165, 1.54) is 16.9 Å². The molecule has 1 saturated carbocycles. The van der Waals surface area contributed by atoms with E-state index in [9.17, 15) is 4.79 Å². The number of hydrogen-bond donors (Lipinski definition) is 1. The van der Waals surface area contributed by atoms with Gasteiger partial charge < -0.3 is 14.8 Å². The normalized spacial score (nSPS) is 22.8. The van der Waals surface area contributed by atoms with Crippen molar-refractivity contribution in [2.75, 3.05) is 13.2 Å². The molecule has 0 saturated heterocycles. The maximum Gasteiger partial charge on any atom is 0.251 e. The van der Waals surface area contributed by atoms with E-state index in [0.29, 0.717) is 24.6 Å². The molecule has 0 radical (unpaired) electrons. The zero-order chi connectivity index (χ0) is 17.3. The molecule has 1 atom stereocenters. The van der Waals surface area contributed by atoms with Crippen LogP contribution < -0.4 is 10.1 Å². The van der Waals surface area contributed by atoms with E-state index in [0.717, 1.165) is 19.3 Å². The zero-order valence-electron chi connectivity index (χ0n) is 14.3. The number of nitrogens with one attached hydrogen (secondary N) is 1. The molecule has 1 aliphatic carbocycles.